The summed E-state index contributed by atoms with van der Waals surface area (Å²) < 4.78 is 10.6. The number of carboxylic acids is 4. The molecule has 0 saturated heterocycles. The summed E-state index contributed by atoms with van der Waals surface area (Å²) in [5.41, 5.74) is 0. The second-order valence-electron chi connectivity index (χ2n) is 14.8. The highest BCUT2D eigenvalue weighted by atomic mass is 31.0. The number of hydrogen-bond donors (Lipinski definition) is 9. The zero-order chi connectivity index (χ0) is 44.8. The highest BCUT2D eigenvalue weighted by Crippen LogP contribution is 2.14. The van der Waals surface area contributed by atoms with E-state index in [1.807, 2.05) is 0 Å². The van der Waals surface area contributed by atoms with Crippen LogP contribution in [-0.2, 0) is 47.8 Å². The van der Waals surface area contributed by atoms with Crippen LogP contribution in [-0.4, -0.2) is 126 Å². The molecule has 1 unspecified atom stereocenters. The number of carboxylic acid groups (broad SMARTS) is 4. The van der Waals surface area contributed by atoms with Crippen molar-refractivity contribution in [3.63, 3.8) is 0 Å². The maximum absolute atomic E-state index is 12.4. The lowest BCUT2D eigenvalue weighted by Gasteiger charge is -2.17. The second kappa shape index (κ2) is 38.0. The van der Waals surface area contributed by atoms with E-state index in [2.05, 4.69) is 35.7 Å². The summed E-state index contributed by atoms with van der Waals surface area (Å²) in [5, 5.41) is 49.2. The van der Waals surface area contributed by atoms with Crippen molar-refractivity contribution in [1.82, 2.24) is 26.4 Å². The van der Waals surface area contributed by atoms with Crippen LogP contribution in [0.25, 0.3) is 0 Å². The van der Waals surface area contributed by atoms with Crippen molar-refractivity contribution >= 4 is 56.9 Å². The molecule has 4 atom stereocenters. The average Bonchev–Trinajstić information content (AvgIpc) is 3.19. The van der Waals surface area contributed by atoms with Crippen molar-refractivity contribution in [3.8, 4) is 0 Å². The van der Waals surface area contributed by atoms with E-state index >= 15 is 0 Å². The van der Waals surface area contributed by atoms with E-state index in [4.69, 9.17) is 19.7 Å². The topological polar surface area (TPSA) is 296 Å². The maximum Gasteiger partial charge on any atom is 0.326 e. The van der Waals surface area contributed by atoms with E-state index in [0.29, 0.717) is 32.2 Å². The Hall–Kier alpha value is -3.93. The van der Waals surface area contributed by atoms with Crippen molar-refractivity contribution in [2.24, 2.45) is 0 Å². The van der Waals surface area contributed by atoms with Gasteiger partial charge in [0, 0.05) is 38.8 Å². The van der Waals surface area contributed by atoms with Gasteiger partial charge in [-0.15, -0.1) is 0 Å². The molecule has 0 aromatic carbocycles. The average molecular weight is 878 g/mol. The molecular weight excluding hydrogens is 805 g/mol. The van der Waals surface area contributed by atoms with Gasteiger partial charge in [0.15, 0.2) is 0 Å². The zero-order valence-electron chi connectivity index (χ0n) is 35.2. The van der Waals surface area contributed by atoms with Gasteiger partial charge in [-0.3, -0.25) is 33.9 Å². The molecule has 0 bridgehead atoms. The molecule has 0 aliphatic rings. The molecule has 19 nitrogen and oxygen atoms in total. The molecule has 0 rings (SSSR count). The Labute approximate surface area is 356 Å². The molecule has 0 radical (unpaired) electrons. The number of amides is 4. The smallest absolute Gasteiger partial charge is 0.326 e. The number of aliphatic carboxylic acids is 4. The number of carbonyl (C=O) groups excluding carboxylic acids is 4. The highest BCUT2D eigenvalue weighted by molar-refractivity contribution is 7.13. The van der Waals surface area contributed by atoms with E-state index < -0.39 is 72.8 Å². The van der Waals surface area contributed by atoms with Crippen LogP contribution in [0.1, 0.15) is 148 Å². The van der Waals surface area contributed by atoms with Crippen LogP contribution < -0.4 is 26.4 Å². The number of unbranched alkanes of at least 4 members (excludes halogenated alkanes) is 14. The summed E-state index contributed by atoms with van der Waals surface area (Å²) in [4.78, 5) is 93.6. The lowest BCUT2D eigenvalue weighted by molar-refractivity contribution is -0.144. The van der Waals surface area contributed by atoms with E-state index in [1.54, 1.807) is 0 Å². The van der Waals surface area contributed by atoms with E-state index in [0.717, 1.165) is 38.5 Å². The summed E-state index contributed by atoms with van der Waals surface area (Å²) in [6.07, 6.45) is 16.6. The molecule has 0 aromatic rings. The van der Waals surface area contributed by atoms with Crippen molar-refractivity contribution in [2.75, 3.05) is 39.5 Å². The van der Waals surface area contributed by atoms with Crippen molar-refractivity contribution in [3.05, 3.63) is 0 Å². The molecule has 0 heterocycles. The molecule has 0 aliphatic carbocycles. The number of carbonyl (C=O) groups is 8. The molecule has 60 heavy (non-hydrogen) atoms. The normalized spacial score (nSPS) is 12.5. The van der Waals surface area contributed by atoms with Gasteiger partial charge in [0.2, 0.25) is 23.6 Å². The number of nitrogens with one attached hydrogen (secondary N) is 5. The zero-order valence-corrected chi connectivity index (χ0v) is 36.3. The van der Waals surface area contributed by atoms with E-state index in [9.17, 15) is 48.6 Å². The Morgan fingerprint density at radius 3 is 1.35 bits per heavy atom. The largest absolute Gasteiger partial charge is 0.481 e. The van der Waals surface area contributed by atoms with Crippen molar-refractivity contribution in [2.45, 2.75) is 166 Å². The molecule has 0 saturated carbocycles. The molecule has 0 aromatic heterocycles. The molecular formula is C40H72N5O14P. The molecule has 9 N–H and O–H groups in total. The van der Waals surface area contributed by atoms with Gasteiger partial charge < -0.3 is 51.2 Å². The van der Waals surface area contributed by atoms with Gasteiger partial charge >= 0.3 is 23.9 Å². The molecule has 0 aliphatic heterocycles. The third-order valence-electron chi connectivity index (χ3n) is 9.55. The minimum absolute atomic E-state index is 0.0382. The lowest BCUT2D eigenvalue weighted by Crippen LogP contribution is -2.45. The van der Waals surface area contributed by atoms with Crippen LogP contribution in [0.4, 0.5) is 0 Å². The van der Waals surface area contributed by atoms with Crippen LogP contribution in [0.15, 0.2) is 0 Å². The van der Waals surface area contributed by atoms with Crippen LogP contribution >= 0.6 is 9.39 Å². The van der Waals surface area contributed by atoms with Crippen molar-refractivity contribution < 1.29 is 68.3 Å². The van der Waals surface area contributed by atoms with E-state index in [-0.39, 0.29) is 58.0 Å². The van der Waals surface area contributed by atoms with Crippen LogP contribution in [0, 0.1) is 0 Å². The van der Waals surface area contributed by atoms with Gasteiger partial charge in [-0.05, 0) is 44.9 Å². The monoisotopic (exact) mass is 877 g/mol. The van der Waals surface area contributed by atoms with Gasteiger partial charge in [0.1, 0.15) is 24.7 Å². The Kier molecular flexibility index (Phi) is 35.5. The first-order valence-electron chi connectivity index (χ1n) is 21.4. The van der Waals surface area contributed by atoms with Crippen LogP contribution in [0.3, 0.4) is 0 Å². The predicted molar refractivity (Wildman–Crippen MR) is 225 cm³/mol. The summed E-state index contributed by atoms with van der Waals surface area (Å²) in [6.45, 7) is 0.563. The Bertz CT molecular complexity index is 1260. The summed E-state index contributed by atoms with van der Waals surface area (Å²) >= 11 is 0. The number of hydrogen-bond acceptors (Lipinski definition) is 11. The fraction of sp³-hybridized carbons (Fsp3) is 0.800. The van der Waals surface area contributed by atoms with Crippen molar-refractivity contribution in [1.29, 1.82) is 0 Å². The number of rotatable bonds is 42. The highest BCUT2D eigenvalue weighted by Gasteiger charge is 2.24. The van der Waals surface area contributed by atoms with E-state index in [1.165, 1.54) is 51.4 Å². The summed E-state index contributed by atoms with van der Waals surface area (Å²) in [6, 6.07) is -3.56. The molecule has 20 heteroatoms. The van der Waals surface area contributed by atoms with Gasteiger partial charge in [-0.1, -0.05) is 86.4 Å². The number of ether oxygens (including phenoxy) is 2. The standard InChI is InChI=1S/C40H72N5O14P/c46-33(18-13-11-9-7-5-3-1-2-4-6-8-10-12-14-19-37(50)51)42-25-26-58-27-28-59-29-36(49)44-31(39(54)55)21-23-35(48)43-30(38(52)53)20-22-34(47)41-24-16-15-17-32(45-60)40(56)57/h30-32,45H,1-29,60H2,(H,41,47)(H,42,46)(H,43,48)(H,44,49)(H,50,51)(H,52,53)(H,54,55)(H,56,57)/t30-,31-,32-/m0/s1. The van der Waals surface area contributed by atoms with Crippen LogP contribution in [0.2, 0.25) is 0 Å². The first-order valence-corrected chi connectivity index (χ1v) is 22.0. The first kappa shape index (κ1) is 56.1. The second-order valence-corrected chi connectivity index (χ2v) is 15.1. The quantitative estimate of drug-likeness (QED) is 0.0314. The van der Waals surface area contributed by atoms with Gasteiger partial charge in [0.05, 0.1) is 19.8 Å². The fourth-order valence-electron chi connectivity index (χ4n) is 6.05. The molecule has 4 amide bonds. The Morgan fingerprint density at radius 1 is 0.417 bits per heavy atom. The molecule has 346 valence electrons. The van der Waals surface area contributed by atoms with Gasteiger partial charge in [-0.25, -0.2) is 9.59 Å². The predicted octanol–water partition coefficient (Wildman–Crippen LogP) is 3.28. The SMILES string of the molecule is O=C(O)CCCCCCCCCCCCCCCCC(=O)NCCOCCOCC(=O)N[C@@H](CCC(=O)N[C@@H](CCC(=O)NCCCC[C@H](NP)C(=O)O)C(=O)O)C(=O)O. The minimum atomic E-state index is -1.44. The fourth-order valence-corrected chi connectivity index (χ4v) is 6.36. The third-order valence-corrected chi connectivity index (χ3v) is 9.95. The third kappa shape index (κ3) is 34.9. The Balaban J connectivity index is 3.94. The van der Waals surface area contributed by atoms with Gasteiger partial charge in [-0.2, -0.15) is 0 Å². The summed E-state index contributed by atoms with van der Waals surface area (Å²) in [7, 11) is 2.15. The lowest BCUT2D eigenvalue weighted by atomic mass is 10.0. The Morgan fingerprint density at radius 2 is 0.850 bits per heavy atom. The minimum Gasteiger partial charge on any atom is -0.481 e. The van der Waals surface area contributed by atoms with Gasteiger partial charge in [0.25, 0.3) is 0 Å². The maximum atomic E-state index is 12.4. The molecule has 0 spiro atoms. The first-order chi connectivity index (χ1) is 28.8. The molecule has 0 fully saturated rings. The van der Waals surface area contributed by atoms with Crippen LogP contribution in [0.5, 0.6) is 0 Å². The summed E-state index contributed by atoms with van der Waals surface area (Å²) in [5.74, 6) is -6.47.